The highest BCUT2D eigenvalue weighted by Gasteiger charge is 2.18. The maximum absolute atomic E-state index is 13.0. The van der Waals surface area contributed by atoms with Crippen molar-refractivity contribution >= 4 is 11.6 Å². The Kier molecular flexibility index (Phi) is 6.16. The summed E-state index contributed by atoms with van der Waals surface area (Å²) in [5.41, 5.74) is 0.269. The Morgan fingerprint density at radius 1 is 1.06 bits per heavy atom. The standard InChI is InChI=1S/C23H21N5O5/c1-32-18-8-7-16(11-19(18)33-2)25-20(29)14-27-10-4-6-17-21(27)26-23(31)28(22(17)30)13-15-5-3-9-24-12-15/h3-12H,13-14H2,1-2H3,(H,25,29). The molecule has 1 N–H and O–H groups in total. The van der Waals surface area contributed by atoms with Crippen molar-refractivity contribution in [2.24, 2.45) is 0 Å². The smallest absolute Gasteiger partial charge is 0.352 e. The lowest BCUT2D eigenvalue weighted by Gasteiger charge is -2.15. The largest absolute Gasteiger partial charge is 0.493 e. The summed E-state index contributed by atoms with van der Waals surface area (Å²) >= 11 is 0. The van der Waals surface area contributed by atoms with E-state index >= 15 is 0 Å². The van der Waals surface area contributed by atoms with Crippen LogP contribution in [-0.2, 0) is 17.9 Å². The van der Waals surface area contributed by atoms with Gasteiger partial charge in [-0.15, -0.1) is 0 Å². The highest BCUT2D eigenvalue weighted by Crippen LogP contribution is 2.29. The molecule has 33 heavy (non-hydrogen) atoms. The van der Waals surface area contributed by atoms with Crippen LogP contribution in [-0.4, -0.2) is 39.2 Å². The molecular formula is C23H21N5O5. The molecule has 2 aliphatic rings. The van der Waals surface area contributed by atoms with Gasteiger partial charge in [-0.3, -0.25) is 19.1 Å². The van der Waals surface area contributed by atoms with Crippen LogP contribution in [0.1, 0.15) is 5.56 Å². The molecular weight excluding hydrogens is 426 g/mol. The van der Waals surface area contributed by atoms with Crippen LogP contribution >= 0.6 is 0 Å². The second kappa shape index (κ2) is 9.35. The van der Waals surface area contributed by atoms with Crippen molar-refractivity contribution in [3.05, 3.63) is 87.5 Å². The second-order valence-electron chi connectivity index (χ2n) is 7.14. The number of hydrogen-bond acceptors (Lipinski definition) is 7. The Labute approximate surface area is 188 Å². The van der Waals surface area contributed by atoms with Crippen LogP contribution in [0.25, 0.3) is 11.4 Å². The summed E-state index contributed by atoms with van der Waals surface area (Å²) in [6, 6.07) is 11.7. The number of nitrogens with one attached hydrogen (secondary N) is 1. The van der Waals surface area contributed by atoms with Crippen LogP contribution in [0.15, 0.2) is 70.6 Å². The molecule has 2 aliphatic heterocycles. The van der Waals surface area contributed by atoms with Gasteiger partial charge in [0.1, 0.15) is 6.54 Å². The Balaban J connectivity index is 1.60. The average Bonchev–Trinajstić information content (AvgIpc) is 2.83. The highest BCUT2D eigenvalue weighted by molar-refractivity contribution is 5.91. The zero-order valence-electron chi connectivity index (χ0n) is 18.0. The molecule has 0 saturated carbocycles. The molecule has 0 radical (unpaired) electrons. The minimum atomic E-state index is -0.698. The van der Waals surface area contributed by atoms with Crippen LogP contribution in [0, 0.1) is 0 Å². The fraction of sp³-hybridized carbons (Fsp3) is 0.174. The minimum absolute atomic E-state index is 0.0587. The number of ether oxygens (including phenoxy) is 2. The monoisotopic (exact) mass is 447 g/mol. The van der Waals surface area contributed by atoms with Gasteiger partial charge in [0.2, 0.25) is 5.91 Å². The summed E-state index contributed by atoms with van der Waals surface area (Å²) in [5.74, 6) is 0.777. The SMILES string of the molecule is COc1ccc(NC(=O)Cn2cccc3c(=O)n(Cc4cccnc4)c(=O)nc2-3)cc1OC. The zero-order valence-corrected chi connectivity index (χ0v) is 18.0. The molecule has 3 heterocycles. The summed E-state index contributed by atoms with van der Waals surface area (Å²) in [7, 11) is 3.03. The number of fused-ring (bicyclic) bond motifs is 1. The number of nitrogens with zero attached hydrogens (tertiary/aromatic N) is 4. The van der Waals surface area contributed by atoms with Crippen molar-refractivity contribution in [3.8, 4) is 22.9 Å². The van der Waals surface area contributed by atoms with Crippen LogP contribution in [0.4, 0.5) is 5.69 Å². The van der Waals surface area contributed by atoms with Gasteiger partial charge >= 0.3 is 5.69 Å². The van der Waals surface area contributed by atoms with Gasteiger partial charge < -0.3 is 19.4 Å². The molecule has 0 bridgehead atoms. The van der Waals surface area contributed by atoms with Gasteiger partial charge in [0.25, 0.3) is 5.56 Å². The van der Waals surface area contributed by atoms with E-state index in [-0.39, 0.29) is 30.4 Å². The van der Waals surface area contributed by atoms with E-state index in [1.165, 1.54) is 18.8 Å². The van der Waals surface area contributed by atoms with Crippen molar-refractivity contribution in [1.29, 1.82) is 0 Å². The van der Waals surface area contributed by atoms with E-state index < -0.39 is 11.2 Å². The van der Waals surface area contributed by atoms with E-state index in [2.05, 4.69) is 15.3 Å². The normalized spacial score (nSPS) is 10.7. The number of amides is 1. The third-order valence-corrected chi connectivity index (χ3v) is 4.99. The number of methoxy groups -OCH3 is 2. The predicted octanol–water partition coefficient (Wildman–Crippen LogP) is 1.61. The molecule has 10 nitrogen and oxygen atoms in total. The summed E-state index contributed by atoms with van der Waals surface area (Å²) < 4.78 is 13.0. The van der Waals surface area contributed by atoms with Gasteiger partial charge in [0.15, 0.2) is 17.3 Å². The van der Waals surface area contributed by atoms with E-state index in [1.807, 2.05) is 0 Å². The van der Waals surface area contributed by atoms with Crippen LogP contribution < -0.4 is 26.0 Å². The second-order valence-corrected chi connectivity index (χ2v) is 7.14. The number of benzene rings is 1. The van der Waals surface area contributed by atoms with Crippen LogP contribution in [0.3, 0.4) is 0 Å². The van der Waals surface area contributed by atoms with Gasteiger partial charge in [-0.25, -0.2) is 4.79 Å². The summed E-state index contributed by atoms with van der Waals surface area (Å²) in [5, 5.41) is 2.76. The van der Waals surface area contributed by atoms with Gasteiger partial charge in [-0.05, 0) is 35.9 Å². The molecule has 0 spiro atoms. The van der Waals surface area contributed by atoms with E-state index in [4.69, 9.17) is 9.47 Å². The van der Waals surface area contributed by atoms with Crippen LogP contribution in [0.5, 0.6) is 11.5 Å². The number of hydrogen-bond donors (Lipinski definition) is 1. The third-order valence-electron chi connectivity index (χ3n) is 4.99. The summed E-state index contributed by atoms with van der Waals surface area (Å²) in [6.07, 6.45) is 4.78. The van der Waals surface area contributed by atoms with E-state index in [0.29, 0.717) is 22.7 Å². The van der Waals surface area contributed by atoms with Crippen molar-refractivity contribution in [3.63, 3.8) is 0 Å². The minimum Gasteiger partial charge on any atom is -0.493 e. The molecule has 0 saturated heterocycles. The number of pyridine rings is 2. The fourth-order valence-electron chi connectivity index (χ4n) is 3.43. The lowest BCUT2D eigenvalue weighted by molar-refractivity contribution is -0.116. The van der Waals surface area contributed by atoms with Crippen molar-refractivity contribution in [2.75, 3.05) is 19.5 Å². The van der Waals surface area contributed by atoms with E-state index in [9.17, 15) is 14.4 Å². The molecule has 0 fully saturated rings. The van der Waals surface area contributed by atoms with Crippen molar-refractivity contribution < 1.29 is 14.3 Å². The number of anilines is 1. The van der Waals surface area contributed by atoms with Gasteiger partial charge in [-0.2, -0.15) is 4.98 Å². The molecule has 4 rings (SSSR count). The van der Waals surface area contributed by atoms with Crippen LogP contribution in [0.2, 0.25) is 0 Å². The maximum atomic E-state index is 13.0. The summed E-state index contributed by atoms with van der Waals surface area (Å²) in [4.78, 5) is 46.3. The molecule has 10 heteroatoms. The third kappa shape index (κ3) is 4.59. The van der Waals surface area contributed by atoms with Gasteiger partial charge in [0.05, 0.1) is 26.3 Å². The average molecular weight is 447 g/mol. The summed E-state index contributed by atoms with van der Waals surface area (Å²) in [6.45, 7) is -0.0900. The number of rotatable bonds is 7. The van der Waals surface area contributed by atoms with Crippen molar-refractivity contribution in [1.82, 2.24) is 19.1 Å². The number of carbonyl (C=O) groups is 1. The Hall–Kier alpha value is -4.47. The molecule has 1 aromatic heterocycles. The first kappa shape index (κ1) is 21.8. The Morgan fingerprint density at radius 3 is 2.61 bits per heavy atom. The molecule has 2 aromatic rings. The first-order valence-corrected chi connectivity index (χ1v) is 10.0. The zero-order chi connectivity index (χ0) is 23.4. The maximum Gasteiger partial charge on any atom is 0.352 e. The van der Waals surface area contributed by atoms with Crippen molar-refractivity contribution in [2.45, 2.75) is 13.1 Å². The lowest BCUT2D eigenvalue weighted by Crippen LogP contribution is -2.38. The number of aromatic nitrogens is 4. The molecule has 1 amide bonds. The van der Waals surface area contributed by atoms with Gasteiger partial charge in [-0.1, -0.05) is 6.07 Å². The van der Waals surface area contributed by atoms with E-state index in [1.54, 1.807) is 61.1 Å². The number of carbonyl (C=O) groups excluding carboxylic acids is 1. The Morgan fingerprint density at radius 2 is 1.88 bits per heavy atom. The lowest BCUT2D eigenvalue weighted by atomic mass is 10.2. The first-order chi connectivity index (χ1) is 16.0. The fourth-order valence-corrected chi connectivity index (χ4v) is 3.43. The molecule has 0 atom stereocenters. The quantitative estimate of drug-likeness (QED) is 0.457. The Bertz CT molecular complexity index is 1380. The topological polar surface area (TPSA) is 117 Å². The first-order valence-electron chi connectivity index (χ1n) is 10.0. The van der Waals surface area contributed by atoms with E-state index in [0.717, 1.165) is 4.57 Å². The molecule has 0 aliphatic carbocycles. The molecule has 0 unspecified atom stereocenters. The molecule has 168 valence electrons. The predicted molar refractivity (Wildman–Crippen MR) is 121 cm³/mol. The highest BCUT2D eigenvalue weighted by atomic mass is 16.5. The van der Waals surface area contributed by atoms with Gasteiger partial charge in [0, 0.05) is 30.3 Å². The molecule has 1 aromatic carbocycles.